The highest BCUT2D eigenvalue weighted by Crippen LogP contribution is 2.26. The molecule has 0 aromatic carbocycles. The second-order valence-electron chi connectivity index (χ2n) is 17.4. The lowest BCUT2D eigenvalue weighted by molar-refractivity contribution is -0.301. The number of aliphatic hydroxyl groups is 3. The van der Waals surface area contributed by atoms with Crippen LogP contribution in [0.4, 0.5) is 0 Å². The summed E-state index contributed by atoms with van der Waals surface area (Å²) >= 11 is 0. The SMILES string of the molecule is CCCCC/C=C\C/C=C\CCCCCCCCCCCCOCC(COC1OC(CO)C(O)C(OS(=O)(=O)O)C1O)OC(=O)CCCCCCCCCCCCCCCCC. The van der Waals surface area contributed by atoms with Crippen LogP contribution in [0.15, 0.2) is 24.3 Å². The number of esters is 1. The van der Waals surface area contributed by atoms with Crippen LogP contribution in [0.2, 0.25) is 0 Å². The van der Waals surface area contributed by atoms with Crippen molar-refractivity contribution in [3.05, 3.63) is 24.3 Å². The Balaban J connectivity index is 2.36. The Morgan fingerprint density at radius 1 is 0.613 bits per heavy atom. The molecule has 1 aliphatic heterocycles. The van der Waals surface area contributed by atoms with Crippen molar-refractivity contribution in [1.82, 2.24) is 0 Å². The fraction of sp³-hybridized carbons (Fsp3) is 0.898. The Bertz CT molecular complexity index is 1180. The molecule has 0 spiro atoms. The zero-order valence-corrected chi connectivity index (χ0v) is 40.0. The van der Waals surface area contributed by atoms with E-state index in [0.29, 0.717) is 13.0 Å². The first-order chi connectivity index (χ1) is 30.1. The molecular weight excluding hydrogens is 813 g/mol. The van der Waals surface area contributed by atoms with Crippen molar-refractivity contribution in [2.24, 2.45) is 0 Å². The van der Waals surface area contributed by atoms with Crippen molar-refractivity contribution < 1.29 is 56.2 Å². The van der Waals surface area contributed by atoms with Gasteiger partial charge in [0.2, 0.25) is 0 Å². The Labute approximate surface area is 378 Å². The van der Waals surface area contributed by atoms with Crippen molar-refractivity contribution in [2.75, 3.05) is 26.4 Å². The van der Waals surface area contributed by atoms with Gasteiger partial charge in [0.15, 0.2) is 6.29 Å². The fourth-order valence-electron chi connectivity index (χ4n) is 7.76. The van der Waals surface area contributed by atoms with Gasteiger partial charge in [-0.1, -0.05) is 192 Å². The molecule has 0 amide bonds. The Kier molecular flexibility index (Phi) is 38.8. The molecule has 62 heavy (non-hydrogen) atoms. The Morgan fingerprint density at radius 2 is 1.06 bits per heavy atom. The van der Waals surface area contributed by atoms with Gasteiger partial charge >= 0.3 is 16.4 Å². The van der Waals surface area contributed by atoms with Crippen LogP contribution in [0.3, 0.4) is 0 Å². The van der Waals surface area contributed by atoms with Gasteiger partial charge in [0, 0.05) is 13.0 Å². The Morgan fingerprint density at radius 3 is 1.56 bits per heavy atom. The van der Waals surface area contributed by atoms with Crippen molar-refractivity contribution in [2.45, 2.75) is 256 Å². The minimum Gasteiger partial charge on any atom is -0.457 e. The maximum absolute atomic E-state index is 12.9. The summed E-state index contributed by atoms with van der Waals surface area (Å²) in [5.41, 5.74) is 0. The third-order valence-electron chi connectivity index (χ3n) is 11.6. The first-order valence-corrected chi connectivity index (χ1v) is 26.5. The molecule has 0 aromatic heterocycles. The zero-order chi connectivity index (χ0) is 45.4. The van der Waals surface area contributed by atoms with Crippen LogP contribution in [0.25, 0.3) is 0 Å². The van der Waals surface area contributed by atoms with E-state index in [1.807, 2.05) is 0 Å². The molecule has 6 unspecified atom stereocenters. The molecule has 0 radical (unpaired) electrons. The summed E-state index contributed by atoms with van der Waals surface area (Å²) in [7, 11) is -5.06. The lowest BCUT2D eigenvalue weighted by Gasteiger charge is -2.41. The number of unbranched alkanes of at least 4 members (excludes halogenated alkanes) is 27. The van der Waals surface area contributed by atoms with E-state index in [9.17, 15) is 33.1 Å². The number of rotatable bonds is 44. The van der Waals surface area contributed by atoms with Crippen LogP contribution in [0.5, 0.6) is 0 Å². The van der Waals surface area contributed by atoms with E-state index in [0.717, 1.165) is 44.9 Å². The maximum Gasteiger partial charge on any atom is 0.397 e. The van der Waals surface area contributed by atoms with Gasteiger partial charge in [-0.15, -0.1) is 0 Å². The number of aliphatic hydroxyl groups excluding tert-OH is 3. The lowest BCUT2D eigenvalue weighted by Crippen LogP contribution is -2.60. The van der Waals surface area contributed by atoms with Crippen molar-refractivity contribution in [3.8, 4) is 0 Å². The van der Waals surface area contributed by atoms with Gasteiger partial charge in [0.05, 0.1) is 19.8 Å². The molecule has 0 aliphatic carbocycles. The standard InChI is InChI=1S/C49H92O12S/c1-3-5-7-9-11-13-15-17-19-20-21-22-23-25-27-29-31-33-35-37-39-57-41-43(42-58-49-47(53)48(61-62(54,55)56)46(52)44(40-50)60-49)59-45(51)38-36-34-32-30-28-26-24-18-16-14-12-10-8-6-4-2/h11,13,17,19,43-44,46-50,52-53H,3-10,12,14-16,18,20-42H2,1-2H3,(H,54,55,56)/b13-11-,19-17-. The summed E-state index contributed by atoms with van der Waals surface area (Å²) in [6.45, 7) is 3.99. The van der Waals surface area contributed by atoms with E-state index < -0.39 is 59.8 Å². The van der Waals surface area contributed by atoms with Crippen molar-refractivity contribution >= 4 is 16.4 Å². The average molecular weight is 905 g/mol. The van der Waals surface area contributed by atoms with Crippen LogP contribution in [-0.2, 0) is 38.3 Å². The summed E-state index contributed by atoms with van der Waals surface area (Å²) in [6.07, 6.45) is 37.8. The molecule has 1 aliphatic rings. The Hall–Kier alpha value is -1.42. The normalized spacial score (nSPS) is 20.1. The van der Waals surface area contributed by atoms with Crippen LogP contribution >= 0.6 is 0 Å². The molecule has 12 nitrogen and oxygen atoms in total. The van der Waals surface area contributed by atoms with Crippen LogP contribution in [0, 0.1) is 0 Å². The molecule has 13 heteroatoms. The quantitative estimate of drug-likeness (QED) is 0.0197. The molecule has 1 heterocycles. The van der Waals surface area contributed by atoms with Gasteiger partial charge in [0.1, 0.15) is 30.5 Å². The third kappa shape index (κ3) is 34.0. The van der Waals surface area contributed by atoms with E-state index >= 15 is 0 Å². The van der Waals surface area contributed by atoms with Gasteiger partial charge < -0.3 is 34.3 Å². The minimum absolute atomic E-state index is 0.0381. The van der Waals surface area contributed by atoms with Gasteiger partial charge in [0.25, 0.3) is 0 Å². The summed E-state index contributed by atoms with van der Waals surface area (Å²) in [6, 6.07) is 0. The minimum atomic E-state index is -5.06. The molecule has 1 saturated heterocycles. The van der Waals surface area contributed by atoms with E-state index in [4.69, 9.17) is 18.9 Å². The number of carbonyl (C=O) groups excluding carboxylic acids is 1. The van der Waals surface area contributed by atoms with Crippen molar-refractivity contribution in [3.63, 3.8) is 0 Å². The maximum atomic E-state index is 12.9. The second kappa shape index (κ2) is 41.0. The number of allylic oxidation sites excluding steroid dienone is 4. The lowest BCUT2D eigenvalue weighted by atomic mass is 9.99. The van der Waals surface area contributed by atoms with Crippen LogP contribution in [-0.4, -0.2) is 97.5 Å². The van der Waals surface area contributed by atoms with Gasteiger partial charge in [-0.25, -0.2) is 4.18 Å². The third-order valence-corrected chi connectivity index (χ3v) is 12.0. The molecule has 0 saturated carbocycles. The van der Waals surface area contributed by atoms with Crippen LogP contribution < -0.4 is 0 Å². The highest BCUT2D eigenvalue weighted by molar-refractivity contribution is 7.80. The topological polar surface area (TPSA) is 178 Å². The van der Waals surface area contributed by atoms with Gasteiger partial charge in [-0.2, -0.15) is 8.42 Å². The predicted molar refractivity (Wildman–Crippen MR) is 248 cm³/mol. The number of carbonyl (C=O) groups is 1. The molecule has 1 rings (SSSR count). The van der Waals surface area contributed by atoms with Crippen LogP contribution in [0.1, 0.15) is 219 Å². The first kappa shape index (κ1) is 58.6. The average Bonchev–Trinajstić information content (AvgIpc) is 3.24. The fourth-order valence-corrected chi connectivity index (χ4v) is 8.27. The summed E-state index contributed by atoms with van der Waals surface area (Å²) < 4.78 is 59.2. The first-order valence-electron chi connectivity index (χ1n) is 25.1. The smallest absolute Gasteiger partial charge is 0.397 e. The highest BCUT2D eigenvalue weighted by Gasteiger charge is 2.48. The highest BCUT2D eigenvalue weighted by atomic mass is 32.3. The van der Waals surface area contributed by atoms with E-state index in [1.54, 1.807) is 0 Å². The largest absolute Gasteiger partial charge is 0.457 e. The molecule has 4 N–H and O–H groups in total. The summed E-state index contributed by atoms with van der Waals surface area (Å²) in [5.74, 6) is -0.397. The molecule has 0 aromatic rings. The molecule has 1 fully saturated rings. The second-order valence-corrected chi connectivity index (χ2v) is 18.5. The molecule has 366 valence electrons. The number of hydrogen-bond acceptors (Lipinski definition) is 11. The molecular formula is C49H92O12S. The monoisotopic (exact) mass is 905 g/mol. The molecule has 6 atom stereocenters. The van der Waals surface area contributed by atoms with Gasteiger partial charge in [-0.3, -0.25) is 9.35 Å². The van der Waals surface area contributed by atoms with E-state index in [-0.39, 0.29) is 19.6 Å². The summed E-state index contributed by atoms with van der Waals surface area (Å²) in [4.78, 5) is 12.9. The van der Waals surface area contributed by atoms with E-state index in [1.165, 1.54) is 148 Å². The number of ether oxygens (including phenoxy) is 4. The van der Waals surface area contributed by atoms with E-state index in [2.05, 4.69) is 42.3 Å². The zero-order valence-electron chi connectivity index (χ0n) is 39.2. The summed E-state index contributed by atoms with van der Waals surface area (Å²) in [5, 5.41) is 30.7. The molecule has 0 bridgehead atoms. The predicted octanol–water partition coefficient (Wildman–Crippen LogP) is 11.2. The van der Waals surface area contributed by atoms with Gasteiger partial charge in [-0.05, 0) is 44.9 Å². The van der Waals surface area contributed by atoms with Crippen molar-refractivity contribution in [1.29, 1.82) is 0 Å². The number of hydrogen-bond donors (Lipinski definition) is 4.